The molecule has 3 rings (SSSR count). The molecule has 1 amide bonds. The molecule has 0 fully saturated rings. The molecule has 0 unspecified atom stereocenters. The van der Waals surface area contributed by atoms with Crippen molar-refractivity contribution in [1.82, 2.24) is 0 Å². The third-order valence-electron chi connectivity index (χ3n) is 4.18. The van der Waals surface area contributed by atoms with Crippen molar-refractivity contribution in [3.8, 4) is 17.2 Å². The van der Waals surface area contributed by atoms with Crippen LogP contribution in [0, 0.1) is 0 Å². The highest BCUT2D eigenvalue weighted by molar-refractivity contribution is 6.08. The van der Waals surface area contributed by atoms with E-state index in [9.17, 15) is 4.79 Å². The summed E-state index contributed by atoms with van der Waals surface area (Å²) < 4.78 is 15.7. The van der Waals surface area contributed by atoms with E-state index >= 15 is 0 Å². The van der Waals surface area contributed by atoms with Crippen LogP contribution in [-0.4, -0.2) is 27.2 Å². The molecular formula is C22H22N2O4. The molecule has 3 aromatic rings. The Morgan fingerprint density at radius 1 is 0.750 bits per heavy atom. The number of nitrogens with one attached hydrogen (secondary N) is 2. The number of benzene rings is 3. The quantitative estimate of drug-likeness (QED) is 0.623. The first kappa shape index (κ1) is 19.1. The first-order chi connectivity index (χ1) is 13.6. The van der Waals surface area contributed by atoms with Gasteiger partial charge in [-0.3, -0.25) is 4.79 Å². The zero-order valence-electron chi connectivity index (χ0n) is 16.0. The van der Waals surface area contributed by atoms with Crippen LogP contribution < -0.4 is 24.8 Å². The largest absolute Gasteiger partial charge is 0.497 e. The minimum atomic E-state index is -0.233. The molecule has 0 saturated carbocycles. The maximum absolute atomic E-state index is 12.8. The van der Waals surface area contributed by atoms with Crippen LogP contribution >= 0.6 is 0 Å². The van der Waals surface area contributed by atoms with Gasteiger partial charge >= 0.3 is 0 Å². The average Bonchev–Trinajstić information content (AvgIpc) is 2.74. The van der Waals surface area contributed by atoms with Crippen molar-refractivity contribution < 1.29 is 19.0 Å². The summed E-state index contributed by atoms with van der Waals surface area (Å²) in [5.41, 5.74) is 2.69. The van der Waals surface area contributed by atoms with E-state index in [0.717, 1.165) is 11.4 Å². The molecule has 0 radical (unpaired) electrons. The fraction of sp³-hybridized carbons (Fsp3) is 0.136. The molecule has 2 N–H and O–H groups in total. The van der Waals surface area contributed by atoms with Crippen molar-refractivity contribution in [1.29, 1.82) is 0 Å². The van der Waals surface area contributed by atoms with Crippen molar-refractivity contribution in [2.24, 2.45) is 0 Å². The SMILES string of the molecule is COc1ccc(Nc2ccccc2C(=O)Nc2ccc(OC)c(OC)c2)cc1. The lowest BCUT2D eigenvalue weighted by atomic mass is 10.1. The molecular weight excluding hydrogens is 356 g/mol. The standard InChI is InChI=1S/C22H22N2O4/c1-26-17-11-8-15(9-12-17)23-19-7-5-4-6-18(19)22(25)24-16-10-13-20(27-2)21(14-16)28-3/h4-14,23H,1-3H3,(H,24,25). The van der Waals surface area contributed by atoms with E-state index in [-0.39, 0.29) is 5.91 Å². The lowest BCUT2D eigenvalue weighted by molar-refractivity contribution is 0.102. The van der Waals surface area contributed by atoms with Crippen LogP contribution in [-0.2, 0) is 0 Å². The zero-order chi connectivity index (χ0) is 19.9. The molecule has 28 heavy (non-hydrogen) atoms. The van der Waals surface area contributed by atoms with E-state index in [1.165, 1.54) is 0 Å². The summed E-state index contributed by atoms with van der Waals surface area (Å²) in [4.78, 5) is 12.8. The second-order valence-electron chi connectivity index (χ2n) is 5.92. The monoisotopic (exact) mass is 378 g/mol. The number of amides is 1. The van der Waals surface area contributed by atoms with Crippen molar-refractivity contribution in [3.05, 3.63) is 72.3 Å². The van der Waals surface area contributed by atoms with Gasteiger partial charge in [-0.2, -0.15) is 0 Å². The molecule has 3 aromatic carbocycles. The average molecular weight is 378 g/mol. The third-order valence-corrected chi connectivity index (χ3v) is 4.18. The topological polar surface area (TPSA) is 68.8 Å². The fourth-order valence-corrected chi connectivity index (χ4v) is 2.73. The smallest absolute Gasteiger partial charge is 0.257 e. The molecule has 6 heteroatoms. The number of hydrogen-bond donors (Lipinski definition) is 2. The van der Waals surface area contributed by atoms with Crippen LogP contribution in [0.25, 0.3) is 0 Å². The first-order valence-electron chi connectivity index (χ1n) is 8.68. The summed E-state index contributed by atoms with van der Waals surface area (Å²) in [7, 11) is 4.74. The van der Waals surface area contributed by atoms with Crippen LogP contribution in [0.3, 0.4) is 0 Å². The van der Waals surface area contributed by atoms with Gasteiger partial charge in [0, 0.05) is 17.4 Å². The van der Waals surface area contributed by atoms with Gasteiger partial charge in [0.25, 0.3) is 5.91 Å². The molecule has 0 aliphatic rings. The molecule has 0 atom stereocenters. The second-order valence-corrected chi connectivity index (χ2v) is 5.92. The van der Waals surface area contributed by atoms with Gasteiger partial charge in [0.05, 0.1) is 32.6 Å². The summed E-state index contributed by atoms with van der Waals surface area (Å²) in [5.74, 6) is 1.68. The Morgan fingerprint density at radius 3 is 2.11 bits per heavy atom. The Labute approximate surface area is 164 Å². The Morgan fingerprint density at radius 2 is 1.43 bits per heavy atom. The number of carbonyl (C=O) groups is 1. The van der Waals surface area contributed by atoms with Gasteiger partial charge in [-0.05, 0) is 48.5 Å². The van der Waals surface area contributed by atoms with Gasteiger partial charge in [0.15, 0.2) is 11.5 Å². The van der Waals surface area contributed by atoms with Gasteiger partial charge in [0.1, 0.15) is 5.75 Å². The van der Waals surface area contributed by atoms with E-state index in [4.69, 9.17) is 14.2 Å². The van der Waals surface area contributed by atoms with Crippen LogP contribution in [0.4, 0.5) is 17.1 Å². The molecule has 0 aliphatic heterocycles. The summed E-state index contributed by atoms with van der Waals surface area (Å²) in [6, 6.07) is 20.0. The Bertz CT molecular complexity index is 955. The number of hydrogen-bond acceptors (Lipinski definition) is 5. The van der Waals surface area contributed by atoms with Crippen molar-refractivity contribution >= 4 is 23.0 Å². The minimum absolute atomic E-state index is 0.233. The van der Waals surface area contributed by atoms with Gasteiger partial charge in [-0.25, -0.2) is 0 Å². The van der Waals surface area contributed by atoms with Crippen LogP contribution in [0.5, 0.6) is 17.2 Å². The molecule has 0 aromatic heterocycles. The maximum Gasteiger partial charge on any atom is 0.257 e. The number of methoxy groups -OCH3 is 3. The van der Waals surface area contributed by atoms with E-state index in [2.05, 4.69) is 10.6 Å². The van der Waals surface area contributed by atoms with Gasteiger partial charge in [0.2, 0.25) is 0 Å². The van der Waals surface area contributed by atoms with Crippen molar-refractivity contribution in [2.45, 2.75) is 0 Å². The third kappa shape index (κ3) is 4.35. The minimum Gasteiger partial charge on any atom is -0.497 e. The Balaban J connectivity index is 1.80. The molecule has 0 heterocycles. The molecule has 6 nitrogen and oxygen atoms in total. The lowest BCUT2D eigenvalue weighted by Gasteiger charge is -2.14. The van der Waals surface area contributed by atoms with Gasteiger partial charge in [-0.15, -0.1) is 0 Å². The first-order valence-corrected chi connectivity index (χ1v) is 8.68. The van der Waals surface area contributed by atoms with Crippen LogP contribution in [0.2, 0.25) is 0 Å². The van der Waals surface area contributed by atoms with E-state index < -0.39 is 0 Å². The maximum atomic E-state index is 12.8. The predicted octanol–water partition coefficient (Wildman–Crippen LogP) is 4.71. The number of carbonyl (C=O) groups excluding carboxylic acids is 1. The highest BCUT2D eigenvalue weighted by atomic mass is 16.5. The van der Waals surface area contributed by atoms with Crippen molar-refractivity contribution in [2.75, 3.05) is 32.0 Å². The normalized spacial score (nSPS) is 10.1. The number of ether oxygens (including phenoxy) is 3. The lowest BCUT2D eigenvalue weighted by Crippen LogP contribution is -2.14. The number of para-hydroxylation sites is 1. The number of anilines is 3. The summed E-state index contributed by atoms with van der Waals surface area (Å²) in [6.07, 6.45) is 0. The van der Waals surface area contributed by atoms with Crippen LogP contribution in [0.15, 0.2) is 66.7 Å². The fourth-order valence-electron chi connectivity index (χ4n) is 2.73. The van der Waals surface area contributed by atoms with Crippen molar-refractivity contribution in [3.63, 3.8) is 0 Å². The molecule has 0 saturated heterocycles. The molecule has 0 bridgehead atoms. The van der Waals surface area contributed by atoms with Crippen LogP contribution in [0.1, 0.15) is 10.4 Å². The molecule has 0 spiro atoms. The van der Waals surface area contributed by atoms with E-state index in [0.29, 0.717) is 28.4 Å². The predicted molar refractivity (Wildman–Crippen MR) is 110 cm³/mol. The number of rotatable bonds is 7. The Hall–Kier alpha value is -3.67. The second kappa shape index (κ2) is 8.81. The van der Waals surface area contributed by atoms with E-state index in [1.54, 1.807) is 45.6 Å². The Kier molecular flexibility index (Phi) is 6.01. The summed E-state index contributed by atoms with van der Waals surface area (Å²) in [5, 5.41) is 6.16. The highest BCUT2D eigenvalue weighted by Crippen LogP contribution is 2.30. The van der Waals surface area contributed by atoms with E-state index in [1.807, 2.05) is 42.5 Å². The molecule has 144 valence electrons. The van der Waals surface area contributed by atoms with Gasteiger partial charge in [-0.1, -0.05) is 12.1 Å². The molecule has 0 aliphatic carbocycles. The summed E-state index contributed by atoms with van der Waals surface area (Å²) in [6.45, 7) is 0. The highest BCUT2D eigenvalue weighted by Gasteiger charge is 2.13. The summed E-state index contributed by atoms with van der Waals surface area (Å²) >= 11 is 0. The van der Waals surface area contributed by atoms with Gasteiger partial charge < -0.3 is 24.8 Å². The zero-order valence-corrected chi connectivity index (χ0v) is 16.0.